The molecule has 5 aromatic rings. The van der Waals surface area contributed by atoms with Gasteiger partial charge >= 0.3 is 0 Å². The Hall–Kier alpha value is -4.81. The lowest BCUT2D eigenvalue weighted by Gasteiger charge is -2.22. The number of para-hydroxylation sites is 1. The van der Waals surface area contributed by atoms with E-state index in [1.54, 1.807) is 35.6 Å². The van der Waals surface area contributed by atoms with Crippen molar-refractivity contribution in [3.8, 4) is 5.75 Å². The topological polar surface area (TPSA) is 102 Å². The van der Waals surface area contributed by atoms with Gasteiger partial charge in [-0.3, -0.25) is 9.59 Å². The maximum Gasteiger partial charge on any atom is 0.258 e. The number of halogens is 1. The van der Waals surface area contributed by atoms with E-state index in [2.05, 4.69) is 15.5 Å². The highest BCUT2D eigenvalue weighted by Crippen LogP contribution is 2.35. The molecule has 1 aliphatic heterocycles. The highest BCUT2D eigenvalue weighted by Gasteiger charge is 2.33. The highest BCUT2D eigenvalue weighted by atomic mass is 32.2. The van der Waals surface area contributed by atoms with Crippen molar-refractivity contribution >= 4 is 40.6 Å². The van der Waals surface area contributed by atoms with Gasteiger partial charge in [-0.25, -0.2) is 9.40 Å². The quantitative estimate of drug-likeness (QED) is 0.176. The molecule has 6 rings (SSSR count). The number of carbonyl (C=O) groups is 2. The molecule has 0 spiro atoms. The molecule has 0 saturated carbocycles. The van der Waals surface area contributed by atoms with Crippen LogP contribution in [0, 0.1) is 5.82 Å². The number of thiophene rings is 1. The summed E-state index contributed by atoms with van der Waals surface area (Å²) < 4.78 is 21.1. The molecule has 12 heteroatoms. The van der Waals surface area contributed by atoms with Crippen molar-refractivity contribution in [2.24, 2.45) is 5.10 Å². The summed E-state index contributed by atoms with van der Waals surface area (Å²) in [6.45, 7) is 0.462. The lowest BCUT2D eigenvalue weighted by atomic mass is 10.0. The van der Waals surface area contributed by atoms with E-state index in [0.717, 1.165) is 21.7 Å². The first-order chi connectivity index (χ1) is 22.0. The zero-order valence-electron chi connectivity index (χ0n) is 24.1. The van der Waals surface area contributed by atoms with Crippen LogP contribution in [0.3, 0.4) is 0 Å². The number of aromatic nitrogens is 3. The predicted molar refractivity (Wildman–Crippen MR) is 172 cm³/mol. The van der Waals surface area contributed by atoms with Gasteiger partial charge in [-0.1, -0.05) is 78.5 Å². The number of rotatable bonds is 12. The second-order valence-corrected chi connectivity index (χ2v) is 12.1. The normalized spacial score (nSPS) is 14.3. The average Bonchev–Trinajstić information content (AvgIpc) is 3.84. The Bertz CT molecular complexity index is 1760. The van der Waals surface area contributed by atoms with E-state index in [-0.39, 0.29) is 42.6 Å². The molecule has 0 bridgehead atoms. The van der Waals surface area contributed by atoms with E-state index in [9.17, 15) is 14.0 Å². The average molecular weight is 641 g/mol. The fourth-order valence-corrected chi connectivity index (χ4v) is 6.37. The molecule has 9 nitrogen and oxygen atoms in total. The Balaban J connectivity index is 1.16. The Morgan fingerprint density at radius 1 is 0.956 bits per heavy atom. The van der Waals surface area contributed by atoms with E-state index in [4.69, 9.17) is 9.84 Å². The van der Waals surface area contributed by atoms with E-state index in [0.29, 0.717) is 29.7 Å². The van der Waals surface area contributed by atoms with Gasteiger partial charge in [-0.15, -0.1) is 21.5 Å². The molecular formula is C33H29FN6O3S2. The van der Waals surface area contributed by atoms with Gasteiger partial charge in [0, 0.05) is 6.42 Å². The summed E-state index contributed by atoms with van der Waals surface area (Å²) in [6, 6.07) is 28.7. The van der Waals surface area contributed by atoms with Gasteiger partial charge in [-0.05, 0) is 46.8 Å². The number of nitrogens with zero attached hydrogens (tertiary/aromatic N) is 5. The summed E-state index contributed by atoms with van der Waals surface area (Å²) in [7, 11) is 0. The third kappa shape index (κ3) is 7.65. The molecule has 1 N–H and O–H groups in total. The van der Waals surface area contributed by atoms with Crippen molar-refractivity contribution in [1.29, 1.82) is 0 Å². The summed E-state index contributed by atoms with van der Waals surface area (Å²) in [4.78, 5) is 27.2. The van der Waals surface area contributed by atoms with Crippen LogP contribution in [-0.4, -0.2) is 49.7 Å². The number of benzene rings is 3. The minimum absolute atomic E-state index is 0.0586. The molecule has 0 aliphatic carbocycles. The first-order valence-corrected chi connectivity index (χ1v) is 16.1. The van der Waals surface area contributed by atoms with Crippen LogP contribution in [0.1, 0.15) is 34.3 Å². The van der Waals surface area contributed by atoms with E-state index >= 15 is 0 Å². The van der Waals surface area contributed by atoms with Crippen molar-refractivity contribution < 1.29 is 18.7 Å². The molecule has 45 heavy (non-hydrogen) atoms. The van der Waals surface area contributed by atoms with Crippen LogP contribution in [0.15, 0.2) is 113 Å². The molecule has 2 amide bonds. The van der Waals surface area contributed by atoms with Crippen LogP contribution in [0.2, 0.25) is 0 Å². The van der Waals surface area contributed by atoms with Gasteiger partial charge in [0.25, 0.3) is 11.8 Å². The number of ether oxygens (including phenoxy) is 1. The van der Waals surface area contributed by atoms with E-state index in [1.807, 2.05) is 70.6 Å². The number of thioether (sulfide) groups is 1. The first kappa shape index (κ1) is 30.2. The Morgan fingerprint density at radius 2 is 1.71 bits per heavy atom. The largest absolute Gasteiger partial charge is 0.484 e. The van der Waals surface area contributed by atoms with Gasteiger partial charge in [0.2, 0.25) is 0 Å². The summed E-state index contributed by atoms with van der Waals surface area (Å²) >= 11 is 2.82. The second kappa shape index (κ2) is 14.3. The third-order valence-corrected chi connectivity index (χ3v) is 8.96. The third-order valence-electron chi connectivity index (χ3n) is 7.08. The van der Waals surface area contributed by atoms with Crippen molar-refractivity contribution in [2.75, 3.05) is 12.4 Å². The SMILES string of the molecule is O=C(COc1ccccc1)NCc1nnc(SCC(=O)N2N=C(c3cccs3)CC2c2ccc(F)cc2)n1Cc1ccccc1. The standard InChI is InChI=1S/C33H29FN6O3S2/c34-25-15-13-24(14-16-25)28-18-27(29-12-7-17-44-29)38-40(28)32(42)22-45-33-37-36-30(39(33)20-23-8-3-1-4-9-23)19-35-31(41)21-43-26-10-5-2-6-11-26/h1-17,28H,18-22H2,(H,35,41). The lowest BCUT2D eigenvalue weighted by molar-refractivity contribution is -0.130. The molecule has 1 unspecified atom stereocenters. The molecule has 3 aromatic carbocycles. The van der Waals surface area contributed by atoms with Crippen LogP contribution in [-0.2, 0) is 22.7 Å². The van der Waals surface area contributed by atoms with Gasteiger partial charge in [0.1, 0.15) is 11.6 Å². The van der Waals surface area contributed by atoms with Crippen molar-refractivity contribution in [1.82, 2.24) is 25.1 Å². The van der Waals surface area contributed by atoms with Gasteiger partial charge < -0.3 is 14.6 Å². The number of carbonyl (C=O) groups excluding carboxylic acids is 2. The van der Waals surface area contributed by atoms with Crippen LogP contribution in [0.25, 0.3) is 0 Å². The number of amides is 2. The molecule has 0 radical (unpaired) electrons. The molecule has 0 saturated heterocycles. The molecule has 1 aliphatic rings. The Morgan fingerprint density at radius 3 is 2.44 bits per heavy atom. The van der Waals surface area contributed by atoms with Gasteiger partial charge in [0.05, 0.1) is 35.5 Å². The summed E-state index contributed by atoms with van der Waals surface area (Å²) in [6.07, 6.45) is 0.532. The fourth-order valence-electron chi connectivity index (χ4n) is 4.84. The highest BCUT2D eigenvalue weighted by molar-refractivity contribution is 7.99. The van der Waals surface area contributed by atoms with Gasteiger partial charge in [-0.2, -0.15) is 5.10 Å². The zero-order chi connectivity index (χ0) is 31.0. The van der Waals surface area contributed by atoms with Crippen LogP contribution < -0.4 is 10.1 Å². The van der Waals surface area contributed by atoms with E-state index < -0.39 is 0 Å². The maximum absolute atomic E-state index is 13.7. The number of nitrogens with one attached hydrogen (secondary N) is 1. The van der Waals surface area contributed by atoms with Crippen molar-refractivity contribution in [2.45, 2.75) is 30.7 Å². The minimum Gasteiger partial charge on any atom is -0.484 e. The first-order valence-electron chi connectivity index (χ1n) is 14.3. The van der Waals surface area contributed by atoms with Crippen molar-refractivity contribution in [3.05, 3.63) is 130 Å². The summed E-state index contributed by atoms with van der Waals surface area (Å²) in [5.74, 6) is 0.377. The molecule has 3 heterocycles. The van der Waals surface area contributed by atoms with Crippen LogP contribution in [0.4, 0.5) is 4.39 Å². The molecule has 0 fully saturated rings. The van der Waals surface area contributed by atoms with Crippen molar-refractivity contribution in [3.63, 3.8) is 0 Å². The number of hydrazone groups is 1. The Kier molecular flexibility index (Phi) is 9.61. The molecule has 1 atom stereocenters. The lowest BCUT2D eigenvalue weighted by Crippen LogP contribution is -2.30. The summed E-state index contributed by atoms with van der Waals surface area (Å²) in [5.41, 5.74) is 2.65. The fraction of sp³-hybridized carbons (Fsp3) is 0.182. The predicted octanol–water partition coefficient (Wildman–Crippen LogP) is 5.69. The molecule has 2 aromatic heterocycles. The molecular weight excluding hydrogens is 612 g/mol. The smallest absolute Gasteiger partial charge is 0.258 e. The minimum atomic E-state index is -0.345. The maximum atomic E-state index is 13.7. The zero-order valence-corrected chi connectivity index (χ0v) is 25.7. The Labute approximate surface area is 267 Å². The monoisotopic (exact) mass is 640 g/mol. The second-order valence-electron chi connectivity index (χ2n) is 10.2. The van der Waals surface area contributed by atoms with Crippen LogP contribution >= 0.6 is 23.1 Å². The van der Waals surface area contributed by atoms with E-state index in [1.165, 1.54) is 28.9 Å². The number of hydrogen-bond acceptors (Lipinski definition) is 8. The van der Waals surface area contributed by atoms with Crippen LogP contribution in [0.5, 0.6) is 5.75 Å². The van der Waals surface area contributed by atoms with Gasteiger partial charge in [0.15, 0.2) is 17.6 Å². The number of hydrogen-bond donors (Lipinski definition) is 1. The summed E-state index contributed by atoms with van der Waals surface area (Å²) in [5, 5.41) is 20.3. The molecule has 228 valence electrons.